The summed E-state index contributed by atoms with van der Waals surface area (Å²) >= 11 is 0. The van der Waals surface area contributed by atoms with Gasteiger partial charge in [0.25, 0.3) is 0 Å². The first kappa shape index (κ1) is 17.0. The minimum Gasteiger partial charge on any atom is -0.441 e. The first-order valence-corrected chi connectivity index (χ1v) is 9.87. The molecule has 0 radical (unpaired) electrons. The first-order chi connectivity index (χ1) is 13.7. The van der Waals surface area contributed by atoms with Gasteiger partial charge in [-0.25, -0.2) is 4.98 Å². The van der Waals surface area contributed by atoms with E-state index < -0.39 is 0 Å². The van der Waals surface area contributed by atoms with Crippen molar-refractivity contribution in [2.24, 2.45) is 0 Å². The summed E-state index contributed by atoms with van der Waals surface area (Å²) in [5, 5.41) is 5.57. The second-order valence-electron chi connectivity index (χ2n) is 7.59. The molecule has 1 aliphatic rings. The van der Waals surface area contributed by atoms with Gasteiger partial charge in [-0.2, -0.15) is 0 Å². The van der Waals surface area contributed by atoms with Crippen LogP contribution in [0.2, 0.25) is 0 Å². The van der Waals surface area contributed by atoms with E-state index in [1.165, 1.54) is 16.5 Å². The number of hydrogen-bond donors (Lipinski definition) is 1. The number of benzene rings is 3. The predicted octanol–water partition coefficient (Wildman–Crippen LogP) is 5.35. The highest BCUT2D eigenvalue weighted by molar-refractivity contribution is 6.05. The molecular weight excluding hydrogens is 348 g/mol. The third-order valence-corrected chi connectivity index (χ3v) is 5.53. The van der Waals surface area contributed by atoms with Crippen molar-refractivity contribution in [1.82, 2.24) is 4.98 Å². The molecular formula is C24H22N2O2. The lowest BCUT2D eigenvalue weighted by Crippen LogP contribution is -2.12. The molecule has 1 aromatic heterocycles. The molecule has 0 saturated carbocycles. The molecule has 0 unspecified atom stereocenters. The van der Waals surface area contributed by atoms with Gasteiger partial charge in [-0.1, -0.05) is 30.3 Å². The Bertz CT molecular complexity index is 1200. The van der Waals surface area contributed by atoms with E-state index in [4.69, 9.17) is 4.42 Å². The van der Waals surface area contributed by atoms with E-state index in [1.54, 1.807) is 0 Å². The number of nitrogens with zero attached hydrogens (tertiary/aromatic N) is 1. The van der Waals surface area contributed by atoms with Gasteiger partial charge >= 0.3 is 0 Å². The summed E-state index contributed by atoms with van der Waals surface area (Å²) in [6.45, 7) is 2.04. The van der Waals surface area contributed by atoms with Crippen molar-refractivity contribution in [3.8, 4) is 0 Å². The van der Waals surface area contributed by atoms with Crippen LogP contribution in [0.15, 0.2) is 52.9 Å². The number of oxazole rings is 1. The Morgan fingerprint density at radius 3 is 2.86 bits per heavy atom. The highest BCUT2D eigenvalue weighted by atomic mass is 16.3. The van der Waals surface area contributed by atoms with E-state index in [0.29, 0.717) is 25.2 Å². The second-order valence-corrected chi connectivity index (χ2v) is 7.59. The van der Waals surface area contributed by atoms with Gasteiger partial charge in [0, 0.05) is 23.9 Å². The van der Waals surface area contributed by atoms with Crippen LogP contribution in [0.25, 0.3) is 21.9 Å². The summed E-state index contributed by atoms with van der Waals surface area (Å²) in [7, 11) is 0. The van der Waals surface area contributed by atoms with Gasteiger partial charge in [-0.3, -0.25) is 4.79 Å². The van der Waals surface area contributed by atoms with Gasteiger partial charge in [-0.15, -0.1) is 0 Å². The molecule has 4 nitrogen and oxygen atoms in total. The molecule has 1 amide bonds. The average Bonchev–Trinajstić information content (AvgIpc) is 3.28. The molecule has 0 fully saturated rings. The fraction of sp³-hybridized carbons (Fsp3) is 0.250. The van der Waals surface area contributed by atoms with Crippen molar-refractivity contribution in [3.63, 3.8) is 0 Å². The van der Waals surface area contributed by atoms with Gasteiger partial charge < -0.3 is 9.73 Å². The SMILES string of the molecule is Cc1ccc2oc(CCCC(=O)Nc3ccc4c5c(cccc35)CC4)nc2c1. The number of aromatic nitrogens is 1. The molecule has 0 saturated heterocycles. The highest BCUT2D eigenvalue weighted by Crippen LogP contribution is 2.35. The summed E-state index contributed by atoms with van der Waals surface area (Å²) in [6, 6.07) is 16.5. The number of carbonyl (C=O) groups excluding carboxylic acids is 1. The van der Waals surface area contributed by atoms with E-state index in [0.717, 1.165) is 40.6 Å². The summed E-state index contributed by atoms with van der Waals surface area (Å²) in [4.78, 5) is 17.0. The highest BCUT2D eigenvalue weighted by Gasteiger charge is 2.16. The fourth-order valence-electron chi connectivity index (χ4n) is 4.16. The van der Waals surface area contributed by atoms with Gasteiger partial charge in [0.2, 0.25) is 5.91 Å². The molecule has 3 aromatic carbocycles. The molecule has 0 spiro atoms. The Hall–Kier alpha value is -3.14. The molecule has 4 heteroatoms. The molecule has 1 aliphatic carbocycles. The lowest BCUT2D eigenvalue weighted by atomic mass is 10.0. The molecule has 0 atom stereocenters. The van der Waals surface area contributed by atoms with E-state index in [1.807, 2.05) is 31.2 Å². The van der Waals surface area contributed by atoms with Crippen LogP contribution in [0.4, 0.5) is 5.69 Å². The number of rotatable bonds is 5. The zero-order chi connectivity index (χ0) is 19.1. The maximum absolute atomic E-state index is 12.5. The van der Waals surface area contributed by atoms with Crippen molar-refractivity contribution in [2.45, 2.75) is 39.0 Å². The van der Waals surface area contributed by atoms with Gasteiger partial charge in [0.1, 0.15) is 5.52 Å². The van der Waals surface area contributed by atoms with Crippen LogP contribution in [0.3, 0.4) is 0 Å². The third kappa shape index (κ3) is 3.05. The summed E-state index contributed by atoms with van der Waals surface area (Å²) < 4.78 is 5.77. The van der Waals surface area contributed by atoms with Gasteiger partial charge in [0.05, 0.1) is 0 Å². The standard InChI is InChI=1S/C24H22N2O2/c1-15-8-13-21-20(14-15)26-23(28-21)7-3-6-22(27)25-19-12-11-17-10-9-16-4-2-5-18(19)24(16)17/h2,4-5,8,11-14H,3,6-7,9-10H2,1H3,(H,25,27). The lowest BCUT2D eigenvalue weighted by Gasteiger charge is -2.10. The predicted molar refractivity (Wildman–Crippen MR) is 112 cm³/mol. The molecule has 1 heterocycles. The molecule has 140 valence electrons. The van der Waals surface area contributed by atoms with Crippen LogP contribution in [0, 0.1) is 6.92 Å². The summed E-state index contributed by atoms with van der Waals surface area (Å²) in [5.41, 5.74) is 6.52. The molecule has 4 aromatic rings. The molecule has 5 rings (SSSR count). The number of anilines is 1. The minimum absolute atomic E-state index is 0.0330. The quantitative estimate of drug-likeness (QED) is 0.515. The Kier molecular flexibility index (Phi) is 4.12. The van der Waals surface area contributed by atoms with Gasteiger partial charge in [0.15, 0.2) is 11.5 Å². The molecule has 28 heavy (non-hydrogen) atoms. The van der Waals surface area contributed by atoms with Crippen molar-refractivity contribution >= 4 is 33.5 Å². The molecule has 0 bridgehead atoms. The van der Waals surface area contributed by atoms with Crippen molar-refractivity contribution in [3.05, 3.63) is 71.1 Å². The van der Waals surface area contributed by atoms with E-state index in [2.05, 4.69) is 34.6 Å². The molecule has 0 aliphatic heterocycles. The number of fused-ring (bicyclic) bond motifs is 1. The monoisotopic (exact) mass is 370 g/mol. The topological polar surface area (TPSA) is 55.1 Å². The third-order valence-electron chi connectivity index (χ3n) is 5.53. The Morgan fingerprint density at radius 1 is 1.11 bits per heavy atom. The Balaban J connectivity index is 1.25. The van der Waals surface area contributed by atoms with E-state index >= 15 is 0 Å². The van der Waals surface area contributed by atoms with Crippen LogP contribution >= 0.6 is 0 Å². The summed E-state index contributed by atoms with van der Waals surface area (Å²) in [5.74, 6) is 0.726. The van der Waals surface area contributed by atoms with Crippen molar-refractivity contribution in [2.75, 3.05) is 5.32 Å². The summed E-state index contributed by atoms with van der Waals surface area (Å²) in [6.07, 6.45) is 3.99. The Labute approximate surface area is 163 Å². The number of hydrogen-bond acceptors (Lipinski definition) is 3. The van der Waals surface area contributed by atoms with Gasteiger partial charge in [-0.05, 0) is 66.5 Å². The number of amides is 1. The fourth-order valence-corrected chi connectivity index (χ4v) is 4.16. The van der Waals surface area contributed by atoms with Crippen LogP contribution in [0.1, 0.15) is 35.4 Å². The largest absolute Gasteiger partial charge is 0.441 e. The van der Waals surface area contributed by atoms with Crippen LogP contribution in [-0.2, 0) is 24.1 Å². The number of aryl methyl sites for hydroxylation is 4. The zero-order valence-corrected chi connectivity index (χ0v) is 15.9. The normalized spacial score (nSPS) is 12.8. The van der Waals surface area contributed by atoms with Crippen LogP contribution in [-0.4, -0.2) is 10.9 Å². The lowest BCUT2D eigenvalue weighted by molar-refractivity contribution is -0.116. The molecule has 1 N–H and O–H groups in total. The van der Waals surface area contributed by atoms with Crippen LogP contribution in [0.5, 0.6) is 0 Å². The zero-order valence-electron chi connectivity index (χ0n) is 15.9. The van der Waals surface area contributed by atoms with Crippen LogP contribution < -0.4 is 5.32 Å². The van der Waals surface area contributed by atoms with E-state index in [9.17, 15) is 4.79 Å². The minimum atomic E-state index is 0.0330. The maximum Gasteiger partial charge on any atom is 0.224 e. The second kappa shape index (κ2) is 6.79. The number of nitrogens with one attached hydrogen (secondary N) is 1. The first-order valence-electron chi connectivity index (χ1n) is 9.87. The van der Waals surface area contributed by atoms with Crippen molar-refractivity contribution < 1.29 is 9.21 Å². The number of carbonyl (C=O) groups is 1. The smallest absolute Gasteiger partial charge is 0.224 e. The average molecular weight is 370 g/mol. The maximum atomic E-state index is 12.5. The Morgan fingerprint density at radius 2 is 1.96 bits per heavy atom. The van der Waals surface area contributed by atoms with Crippen molar-refractivity contribution in [1.29, 1.82) is 0 Å². The van der Waals surface area contributed by atoms with E-state index in [-0.39, 0.29) is 5.91 Å².